The van der Waals surface area contributed by atoms with E-state index in [0.29, 0.717) is 26.2 Å². The molecule has 0 radical (unpaired) electrons. The highest BCUT2D eigenvalue weighted by atomic mass is 32.2. The quantitative estimate of drug-likeness (QED) is 0.827. The number of nitrogens with zero attached hydrogens (tertiary/aromatic N) is 2. The van der Waals surface area contributed by atoms with Gasteiger partial charge in [0.25, 0.3) is 10.0 Å². The average molecular weight is 277 g/mol. The Balaban J connectivity index is 2.21. The van der Waals surface area contributed by atoms with Crippen LogP contribution >= 0.6 is 11.3 Å². The van der Waals surface area contributed by atoms with Crippen LogP contribution in [0.25, 0.3) is 0 Å². The van der Waals surface area contributed by atoms with Crippen molar-refractivity contribution in [2.75, 3.05) is 26.2 Å². The lowest BCUT2D eigenvalue weighted by molar-refractivity contribution is 0.00456. The summed E-state index contributed by atoms with van der Waals surface area (Å²) in [6.07, 6.45) is 1.19. The van der Waals surface area contributed by atoms with Gasteiger partial charge in [-0.3, -0.25) is 0 Å². The minimum absolute atomic E-state index is 0.215. The van der Waals surface area contributed by atoms with Gasteiger partial charge in [-0.25, -0.2) is 13.4 Å². The molecule has 1 fully saturated rings. The number of nitrogens with two attached hydrogens (primary N) is 1. The zero-order valence-electron chi connectivity index (χ0n) is 9.50. The van der Waals surface area contributed by atoms with Crippen LogP contribution in [0.15, 0.2) is 10.4 Å². The Kier molecular flexibility index (Phi) is 3.79. The zero-order chi connectivity index (χ0) is 12.5. The summed E-state index contributed by atoms with van der Waals surface area (Å²) in [6.45, 7) is 3.18. The van der Waals surface area contributed by atoms with Gasteiger partial charge in [-0.2, -0.15) is 4.31 Å². The summed E-state index contributed by atoms with van der Waals surface area (Å²) >= 11 is 1.18. The minimum Gasteiger partial charge on any atom is -0.374 e. The zero-order valence-corrected chi connectivity index (χ0v) is 11.1. The van der Waals surface area contributed by atoms with Gasteiger partial charge in [0, 0.05) is 19.6 Å². The maximum absolute atomic E-state index is 12.3. The number of hydrogen-bond donors (Lipinski definition) is 1. The fourth-order valence-corrected chi connectivity index (χ4v) is 4.36. The smallest absolute Gasteiger partial charge is 0.254 e. The van der Waals surface area contributed by atoms with Crippen LogP contribution in [-0.4, -0.2) is 50.1 Å². The molecular formula is C9H15N3O3S2. The Morgan fingerprint density at radius 2 is 2.47 bits per heavy atom. The fourth-order valence-electron chi connectivity index (χ4n) is 1.64. The summed E-state index contributed by atoms with van der Waals surface area (Å²) in [6, 6.07) is 0. The van der Waals surface area contributed by atoms with Gasteiger partial charge in [0.15, 0.2) is 4.21 Å². The number of aromatic nitrogens is 1. The molecule has 0 aliphatic carbocycles. The van der Waals surface area contributed by atoms with Crippen LogP contribution in [-0.2, 0) is 14.8 Å². The topological polar surface area (TPSA) is 85.5 Å². The molecule has 1 aliphatic rings. The van der Waals surface area contributed by atoms with E-state index in [1.54, 1.807) is 6.92 Å². The van der Waals surface area contributed by atoms with E-state index in [1.807, 2.05) is 0 Å². The molecule has 0 aromatic carbocycles. The first-order valence-corrected chi connectivity index (χ1v) is 7.54. The van der Waals surface area contributed by atoms with Gasteiger partial charge in [-0.15, -0.1) is 11.3 Å². The molecule has 2 rings (SSSR count). The van der Waals surface area contributed by atoms with E-state index in [2.05, 4.69) is 4.98 Å². The number of aryl methyl sites for hydroxylation is 1. The minimum atomic E-state index is -3.43. The van der Waals surface area contributed by atoms with E-state index in [1.165, 1.54) is 21.8 Å². The highest BCUT2D eigenvalue weighted by Crippen LogP contribution is 2.23. The number of sulfonamides is 1. The van der Waals surface area contributed by atoms with Crippen molar-refractivity contribution in [3.05, 3.63) is 11.2 Å². The molecule has 2 N–H and O–H groups in total. The summed E-state index contributed by atoms with van der Waals surface area (Å²) in [5, 5.41) is 0.743. The Labute approximate surface area is 104 Å². The summed E-state index contributed by atoms with van der Waals surface area (Å²) in [5.74, 6) is 0. The average Bonchev–Trinajstić information content (AvgIpc) is 2.76. The van der Waals surface area contributed by atoms with E-state index in [0.717, 1.165) is 5.01 Å². The van der Waals surface area contributed by atoms with Gasteiger partial charge in [-0.1, -0.05) is 0 Å². The maximum Gasteiger partial charge on any atom is 0.254 e. The maximum atomic E-state index is 12.3. The molecule has 17 heavy (non-hydrogen) atoms. The van der Waals surface area contributed by atoms with Crippen LogP contribution in [0.3, 0.4) is 0 Å². The number of morpholine rings is 1. The lowest BCUT2D eigenvalue weighted by atomic mass is 10.3. The number of thiazole rings is 1. The summed E-state index contributed by atoms with van der Waals surface area (Å²) < 4.78 is 31.6. The van der Waals surface area contributed by atoms with Crippen molar-refractivity contribution in [2.24, 2.45) is 5.73 Å². The second-order valence-corrected chi connectivity index (χ2v) is 7.19. The molecule has 0 spiro atoms. The van der Waals surface area contributed by atoms with E-state index in [-0.39, 0.29) is 10.3 Å². The van der Waals surface area contributed by atoms with Crippen LogP contribution < -0.4 is 5.73 Å². The van der Waals surface area contributed by atoms with Crippen LogP contribution in [0.4, 0.5) is 0 Å². The largest absolute Gasteiger partial charge is 0.374 e. The third-order valence-corrected chi connectivity index (χ3v) is 5.77. The molecule has 1 saturated heterocycles. The van der Waals surface area contributed by atoms with E-state index >= 15 is 0 Å². The highest BCUT2D eigenvalue weighted by Gasteiger charge is 2.31. The van der Waals surface area contributed by atoms with Crippen LogP contribution in [0, 0.1) is 6.92 Å². The van der Waals surface area contributed by atoms with Crippen LogP contribution in [0.1, 0.15) is 5.01 Å². The second kappa shape index (κ2) is 4.99. The van der Waals surface area contributed by atoms with Crippen LogP contribution in [0.2, 0.25) is 0 Å². The SMILES string of the molecule is Cc1ncc(S(=O)(=O)N2CCOC(CN)C2)s1. The molecule has 1 unspecified atom stereocenters. The first-order chi connectivity index (χ1) is 8.04. The van der Waals surface area contributed by atoms with E-state index in [9.17, 15) is 8.42 Å². The van der Waals surface area contributed by atoms with Gasteiger partial charge in [-0.05, 0) is 6.92 Å². The lowest BCUT2D eigenvalue weighted by Gasteiger charge is -2.30. The molecule has 2 heterocycles. The molecule has 8 heteroatoms. The van der Waals surface area contributed by atoms with Crippen molar-refractivity contribution in [1.82, 2.24) is 9.29 Å². The molecular weight excluding hydrogens is 262 g/mol. The Morgan fingerprint density at radius 1 is 1.71 bits per heavy atom. The lowest BCUT2D eigenvalue weighted by Crippen LogP contribution is -2.47. The number of rotatable bonds is 3. The third kappa shape index (κ3) is 2.66. The Morgan fingerprint density at radius 3 is 3.06 bits per heavy atom. The molecule has 0 saturated carbocycles. The van der Waals surface area contributed by atoms with Gasteiger partial charge < -0.3 is 10.5 Å². The first kappa shape index (κ1) is 12.9. The van der Waals surface area contributed by atoms with Crippen molar-refractivity contribution < 1.29 is 13.2 Å². The van der Waals surface area contributed by atoms with Gasteiger partial charge >= 0.3 is 0 Å². The van der Waals surface area contributed by atoms with Crippen molar-refractivity contribution >= 4 is 21.4 Å². The molecule has 0 amide bonds. The summed E-state index contributed by atoms with van der Waals surface area (Å²) in [4.78, 5) is 3.97. The number of hydrogen-bond acceptors (Lipinski definition) is 6. The predicted molar refractivity (Wildman–Crippen MR) is 64.4 cm³/mol. The third-order valence-electron chi connectivity index (χ3n) is 2.56. The first-order valence-electron chi connectivity index (χ1n) is 5.28. The summed E-state index contributed by atoms with van der Waals surface area (Å²) in [7, 11) is -3.43. The molecule has 1 aliphatic heterocycles. The molecule has 6 nitrogen and oxygen atoms in total. The van der Waals surface area contributed by atoms with Crippen LogP contribution in [0.5, 0.6) is 0 Å². The monoisotopic (exact) mass is 277 g/mol. The molecule has 1 atom stereocenters. The molecule has 1 aromatic heterocycles. The van der Waals surface area contributed by atoms with E-state index in [4.69, 9.17) is 10.5 Å². The van der Waals surface area contributed by atoms with Gasteiger partial charge in [0.05, 0.1) is 23.9 Å². The molecule has 1 aromatic rings. The Hall–Kier alpha value is -0.540. The van der Waals surface area contributed by atoms with E-state index < -0.39 is 10.0 Å². The fraction of sp³-hybridized carbons (Fsp3) is 0.667. The second-order valence-electron chi connectivity index (χ2n) is 3.79. The highest BCUT2D eigenvalue weighted by molar-refractivity contribution is 7.91. The van der Waals surface area contributed by atoms with Crippen molar-refractivity contribution in [1.29, 1.82) is 0 Å². The van der Waals surface area contributed by atoms with Crippen molar-refractivity contribution in [3.63, 3.8) is 0 Å². The summed E-state index contributed by atoms with van der Waals surface area (Å²) in [5.41, 5.74) is 5.50. The predicted octanol–water partition coefficient (Wildman–Crippen LogP) is -0.200. The standard InChI is InChI=1S/C9H15N3O3S2/c1-7-11-5-9(16-7)17(13,14)12-2-3-15-8(4-10)6-12/h5,8H,2-4,6,10H2,1H3. The number of ether oxygens (including phenoxy) is 1. The van der Waals surface area contributed by atoms with Gasteiger partial charge in [0.2, 0.25) is 0 Å². The Bertz CT molecular complexity index is 485. The van der Waals surface area contributed by atoms with Crippen molar-refractivity contribution in [2.45, 2.75) is 17.2 Å². The van der Waals surface area contributed by atoms with Gasteiger partial charge in [0.1, 0.15) is 0 Å². The van der Waals surface area contributed by atoms with Crippen molar-refractivity contribution in [3.8, 4) is 0 Å². The molecule has 96 valence electrons. The normalized spacial score (nSPS) is 22.8. The molecule has 0 bridgehead atoms.